The maximum absolute atomic E-state index is 13.0. The predicted octanol–water partition coefficient (Wildman–Crippen LogP) is 2.38. The number of carboxylic acids is 1. The number of hydrogen-bond donors (Lipinski definition) is 2. The molecule has 7 nitrogen and oxygen atoms in total. The Morgan fingerprint density at radius 2 is 1.96 bits per heavy atom. The van der Waals surface area contributed by atoms with Gasteiger partial charge in [0.15, 0.2) is 11.5 Å². The van der Waals surface area contributed by atoms with E-state index in [1.807, 2.05) is 0 Å². The van der Waals surface area contributed by atoms with E-state index in [2.05, 4.69) is 5.32 Å². The molecule has 2 heterocycles. The number of carbonyl (C=O) groups is 2. The average Bonchev–Trinajstić information content (AvgIpc) is 3.20. The molecule has 2 aliphatic heterocycles. The molecule has 0 radical (unpaired) electrons. The Morgan fingerprint density at radius 1 is 1.27 bits per heavy atom. The van der Waals surface area contributed by atoms with E-state index in [-0.39, 0.29) is 6.79 Å². The number of aliphatic carboxylic acids is 1. The van der Waals surface area contributed by atoms with Crippen LogP contribution < -0.4 is 14.8 Å². The highest BCUT2D eigenvalue weighted by atomic mass is 19.4. The molecule has 2 amide bonds. The molecule has 1 unspecified atom stereocenters. The summed E-state index contributed by atoms with van der Waals surface area (Å²) in [5.74, 6) is -4.21. The fourth-order valence-electron chi connectivity index (χ4n) is 3.09. The summed E-state index contributed by atoms with van der Waals surface area (Å²) in [5.41, 5.74) is 0.684. The number of benzene rings is 1. The number of ether oxygens (including phenoxy) is 2. The number of nitrogens with zero attached hydrogens (tertiary/aromatic N) is 1. The van der Waals surface area contributed by atoms with Crippen LogP contribution in [-0.4, -0.2) is 48.1 Å². The Labute approximate surface area is 146 Å². The lowest BCUT2D eigenvalue weighted by atomic mass is 9.96. The van der Waals surface area contributed by atoms with Crippen molar-refractivity contribution in [2.75, 3.05) is 19.9 Å². The topological polar surface area (TPSA) is 88.1 Å². The first-order chi connectivity index (χ1) is 12.2. The third-order valence-electron chi connectivity index (χ3n) is 4.58. The summed E-state index contributed by atoms with van der Waals surface area (Å²) in [7, 11) is 0. The van der Waals surface area contributed by atoms with E-state index in [0.717, 1.165) is 4.90 Å². The standard InChI is InChI=1S/C16H17F3N2O5/c1-8(9-2-3-12-13(4-9)26-7-25-12)20-15(24)21-5-10(14(22)23)11(6-21)16(17,18)19/h2-4,8,10-11H,5-7H2,1H3,(H,20,24)(H,22,23)/t8?,10-,11-/m1/s1. The first-order valence-corrected chi connectivity index (χ1v) is 7.91. The zero-order valence-corrected chi connectivity index (χ0v) is 13.7. The highest BCUT2D eigenvalue weighted by Gasteiger charge is 2.53. The molecular formula is C16H17F3N2O5. The van der Waals surface area contributed by atoms with Crippen molar-refractivity contribution in [1.29, 1.82) is 0 Å². The molecular weight excluding hydrogens is 357 g/mol. The second-order valence-corrected chi connectivity index (χ2v) is 6.28. The molecule has 0 spiro atoms. The lowest BCUT2D eigenvalue weighted by Gasteiger charge is -2.21. The Balaban J connectivity index is 1.67. The third kappa shape index (κ3) is 3.49. The maximum atomic E-state index is 13.0. The zero-order valence-electron chi connectivity index (χ0n) is 13.7. The average molecular weight is 374 g/mol. The van der Waals surface area contributed by atoms with Gasteiger partial charge >= 0.3 is 18.2 Å². The smallest absolute Gasteiger partial charge is 0.394 e. The van der Waals surface area contributed by atoms with Crippen LogP contribution >= 0.6 is 0 Å². The molecule has 1 aromatic carbocycles. The van der Waals surface area contributed by atoms with Gasteiger partial charge < -0.3 is 24.8 Å². The molecule has 3 atom stereocenters. The normalized spacial score (nSPS) is 23.0. The Bertz CT molecular complexity index is 724. The number of likely N-dealkylation sites (tertiary alicyclic amines) is 1. The first kappa shape index (κ1) is 18.2. The Morgan fingerprint density at radius 3 is 2.58 bits per heavy atom. The Hall–Kier alpha value is -2.65. The molecule has 142 valence electrons. The van der Waals surface area contributed by atoms with Crippen LogP contribution in [-0.2, 0) is 4.79 Å². The molecule has 3 rings (SSSR count). The van der Waals surface area contributed by atoms with Gasteiger partial charge in [-0.25, -0.2) is 4.79 Å². The Kier molecular flexibility index (Phi) is 4.59. The van der Waals surface area contributed by atoms with Gasteiger partial charge in [-0.3, -0.25) is 4.79 Å². The molecule has 10 heteroatoms. The van der Waals surface area contributed by atoms with E-state index >= 15 is 0 Å². The fourth-order valence-corrected chi connectivity index (χ4v) is 3.09. The molecule has 26 heavy (non-hydrogen) atoms. The number of amides is 2. The molecule has 1 fully saturated rings. The van der Waals surface area contributed by atoms with Gasteiger partial charge in [-0.05, 0) is 24.6 Å². The van der Waals surface area contributed by atoms with Crippen molar-refractivity contribution in [3.05, 3.63) is 23.8 Å². The van der Waals surface area contributed by atoms with Crippen LogP contribution in [0.15, 0.2) is 18.2 Å². The highest BCUT2D eigenvalue weighted by Crippen LogP contribution is 2.38. The minimum atomic E-state index is -4.68. The van der Waals surface area contributed by atoms with Gasteiger partial charge in [0.25, 0.3) is 0 Å². The number of carbonyl (C=O) groups excluding carboxylic acids is 1. The number of halogens is 3. The van der Waals surface area contributed by atoms with Gasteiger partial charge in [0.05, 0.1) is 17.9 Å². The van der Waals surface area contributed by atoms with Crippen molar-refractivity contribution < 1.29 is 37.3 Å². The van der Waals surface area contributed by atoms with Crippen LogP contribution in [0.25, 0.3) is 0 Å². The van der Waals surface area contributed by atoms with E-state index in [1.54, 1.807) is 25.1 Å². The number of urea groups is 1. The molecule has 0 aliphatic carbocycles. The van der Waals surface area contributed by atoms with E-state index in [1.165, 1.54) is 0 Å². The molecule has 0 bridgehead atoms. The van der Waals surface area contributed by atoms with Crippen molar-refractivity contribution in [3.8, 4) is 11.5 Å². The van der Waals surface area contributed by atoms with E-state index in [4.69, 9.17) is 14.6 Å². The van der Waals surface area contributed by atoms with Gasteiger partial charge in [-0.2, -0.15) is 13.2 Å². The van der Waals surface area contributed by atoms with Crippen molar-refractivity contribution in [2.24, 2.45) is 11.8 Å². The van der Waals surface area contributed by atoms with Gasteiger partial charge in [0.2, 0.25) is 6.79 Å². The van der Waals surface area contributed by atoms with Crippen LogP contribution in [0, 0.1) is 11.8 Å². The van der Waals surface area contributed by atoms with Gasteiger partial charge in [0.1, 0.15) is 0 Å². The highest BCUT2D eigenvalue weighted by molar-refractivity contribution is 5.78. The number of rotatable bonds is 3. The predicted molar refractivity (Wildman–Crippen MR) is 81.8 cm³/mol. The van der Waals surface area contributed by atoms with Gasteiger partial charge in [-0.15, -0.1) is 0 Å². The van der Waals surface area contributed by atoms with E-state index in [9.17, 15) is 22.8 Å². The summed E-state index contributed by atoms with van der Waals surface area (Å²) in [6, 6.07) is 3.81. The van der Waals surface area contributed by atoms with Crippen LogP contribution in [0.2, 0.25) is 0 Å². The zero-order chi connectivity index (χ0) is 19.1. The number of alkyl halides is 3. The molecule has 2 N–H and O–H groups in total. The van der Waals surface area contributed by atoms with Crippen LogP contribution in [0.5, 0.6) is 11.5 Å². The van der Waals surface area contributed by atoms with Crippen molar-refractivity contribution in [3.63, 3.8) is 0 Å². The van der Waals surface area contributed by atoms with Crippen molar-refractivity contribution in [1.82, 2.24) is 10.2 Å². The SMILES string of the molecule is CC(NC(=O)N1C[C@@H](C(F)(F)F)[C@H](C(=O)O)C1)c1ccc2c(c1)OCO2. The monoisotopic (exact) mass is 374 g/mol. The third-order valence-corrected chi connectivity index (χ3v) is 4.58. The second-order valence-electron chi connectivity index (χ2n) is 6.28. The summed E-state index contributed by atoms with van der Waals surface area (Å²) in [6.45, 7) is 0.601. The second kappa shape index (κ2) is 6.58. The molecule has 0 aromatic heterocycles. The number of nitrogens with one attached hydrogen (secondary N) is 1. The van der Waals surface area contributed by atoms with Crippen LogP contribution in [0.1, 0.15) is 18.5 Å². The van der Waals surface area contributed by atoms with E-state index in [0.29, 0.717) is 17.1 Å². The number of hydrogen-bond acceptors (Lipinski definition) is 4. The van der Waals surface area contributed by atoms with E-state index < -0.39 is 49.1 Å². The summed E-state index contributed by atoms with van der Waals surface area (Å²) >= 11 is 0. The number of fused-ring (bicyclic) bond motifs is 1. The lowest BCUT2D eigenvalue weighted by Crippen LogP contribution is -2.40. The van der Waals surface area contributed by atoms with Gasteiger partial charge in [-0.1, -0.05) is 6.07 Å². The minimum Gasteiger partial charge on any atom is -0.481 e. The first-order valence-electron chi connectivity index (χ1n) is 7.91. The number of carboxylic acid groups (broad SMARTS) is 1. The largest absolute Gasteiger partial charge is 0.481 e. The summed E-state index contributed by atoms with van der Waals surface area (Å²) in [6.07, 6.45) is -4.68. The van der Waals surface area contributed by atoms with Crippen LogP contribution in [0.3, 0.4) is 0 Å². The maximum Gasteiger partial charge on any atom is 0.394 e. The lowest BCUT2D eigenvalue weighted by molar-refractivity contribution is -0.187. The molecule has 1 aromatic rings. The van der Waals surface area contributed by atoms with Crippen LogP contribution in [0.4, 0.5) is 18.0 Å². The molecule has 0 saturated carbocycles. The summed E-state index contributed by atoms with van der Waals surface area (Å²) in [5, 5.41) is 11.6. The van der Waals surface area contributed by atoms with Gasteiger partial charge in [0, 0.05) is 13.1 Å². The molecule has 2 aliphatic rings. The fraction of sp³-hybridized carbons (Fsp3) is 0.500. The minimum absolute atomic E-state index is 0.0999. The van der Waals surface area contributed by atoms with Crippen molar-refractivity contribution >= 4 is 12.0 Å². The summed E-state index contributed by atoms with van der Waals surface area (Å²) in [4.78, 5) is 24.3. The molecule has 1 saturated heterocycles. The quantitative estimate of drug-likeness (QED) is 0.848. The van der Waals surface area contributed by atoms with Crippen molar-refractivity contribution in [2.45, 2.75) is 19.1 Å². The summed E-state index contributed by atoms with van der Waals surface area (Å²) < 4.78 is 49.5.